The predicted molar refractivity (Wildman–Crippen MR) is 154 cm³/mol. The van der Waals surface area contributed by atoms with Gasteiger partial charge < -0.3 is 36.0 Å². The van der Waals surface area contributed by atoms with Crippen LogP contribution >= 0.6 is 0 Å². The second-order valence-electron chi connectivity index (χ2n) is 15.3. The zero-order valence-corrected chi connectivity index (χ0v) is 25.7. The molecule has 5 N–H and O–H groups in total. The smallest absolute Gasteiger partial charge is 0.408 e. The summed E-state index contributed by atoms with van der Waals surface area (Å²) in [5, 5.41) is 16.9. The Hall–Kier alpha value is -2.89. The highest BCUT2D eigenvalue weighted by molar-refractivity contribution is 5.96. The van der Waals surface area contributed by atoms with Crippen molar-refractivity contribution >= 4 is 29.7 Å². The first kappa shape index (κ1) is 30.1. The van der Waals surface area contributed by atoms with E-state index in [4.69, 9.17) is 10.5 Å². The molecule has 0 aromatic carbocycles. The topological polar surface area (TPSA) is 171 Å². The van der Waals surface area contributed by atoms with Gasteiger partial charge in [-0.2, -0.15) is 0 Å². The molecule has 4 bridgehead atoms. The Morgan fingerprint density at radius 1 is 0.953 bits per heavy atom. The normalized spacial score (nSPS) is 38.7. The number of piperidine rings is 1. The Kier molecular flexibility index (Phi) is 7.45. The van der Waals surface area contributed by atoms with Crippen molar-refractivity contribution in [1.82, 2.24) is 20.4 Å². The van der Waals surface area contributed by atoms with Gasteiger partial charge in [0.25, 0.3) is 0 Å². The summed E-state index contributed by atoms with van der Waals surface area (Å²) in [6, 6.07) is -3.22. The van der Waals surface area contributed by atoms with Crippen molar-refractivity contribution in [3.05, 3.63) is 0 Å². The molecule has 0 spiro atoms. The molecular formula is C31H47N5O7. The molecular weight excluding hydrogens is 554 g/mol. The summed E-state index contributed by atoms with van der Waals surface area (Å²) < 4.78 is 5.29. The second kappa shape index (κ2) is 10.6. The summed E-state index contributed by atoms with van der Waals surface area (Å²) in [6.07, 6.45) is 5.06. The molecule has 43 heavy (non-hydrogen) atoms. The average molecular weight is 602 g/mol. The summed E-state index contributed by atoms with van der Waals surface area (Å²) in [7, 11) is 0. The van der Waals surface area contributed by atoms with E-state index in [-0.39, 0.29) is 35.5 Å². The SMILES string of the molecule is CC(NC(=O)OC(C)(C)C)C(=O)N1CCCC1C(=O)NC(C(=O)N1CC2CC2C1C(N)=O)C1C2CC3CC1CC(O)(C3)C2. The minimum Gasteiger partial charge on any atom is -0.444 e. The highest BCUT2D eigenvalue weighted by atomic mass is 16.6. The van der Waals surface area contributed by atoms with Crippen LogP contribution in [-0.2, 0) is 23.9 Å². The third-order valence-electron chi connectivity index (χ3n) is 10.9. The molecule has 0 radical (unpaired) electrons. The van der Waals surface area contributed by atoms with Crippen LogP contribution < -0.4 is 16.4 Å². The number of hydrogen-bond acceptors (Lipinski definition) is 7. The van der Waals surface area contributed by atoms with Gasteiger partial charge in [-0.3, -0.25) is 19.2 Å². The summed E-state index contributed by atoms with van der Waals surface area (Å²) in [6.45, 7) is 7.58. The minimum atomic E-state index is -0.904. The number of amides is 5. The lowest BCUT2D eigenvalue weighted by atomic mass is 9.49. The third kappa shape index (κ3) is 5.71. The number of aliphatic hydroxyl groups is 1. The standard InChI is InChI=1S/C31H47N5O7/c1-15(33-29(41)43-30(2,3)4)27(39)35-7-5-6-21(35)26(38)34-23(28(40)36-14-19-10-20(19)24(36)25(32)37)22-17-8-16-9-18(22)13-31(42,11-16)12-17/h15-24,42H,5-14H2,1-4H3,(H2,32,37)(H,33,41)(H,34,38). The molecule has 5 amide bonds. The number of nitrogens with one attached hydrogen (secondary N) is 2. The van der Waals surface area contributed by atoms with Crippen molar-refractivity contribution in [2.24, 2.45) is 41.2 Å². The van der Waals surface area contributed by atoms with E-state index in [0.717, 1.165) is 25.7 Å². The Bertz CT molecular complexity index is 1190. The maximum Gasteiger partial charge on any atom is 0.408 e. The van der Waals surface area contributed by atoms with Crippen LogP contribution in [0.1, 0.15) is 79.1 Å². The van der Waals surface area contributed by atoms with Gasteiger partial charge >= 0.3 is 6.09 Å². The number of ether oxygens (including phenoxy) is 1. The lowest BCUT2D eigenvalue weighted by Crippen LogP contribution is -2.65. The molecule has 7 rings (SSSR count). The fourth-order valence-corrected chi connectivity index (χ4v) is 9.47. The van der Waals surface area contributed by atoms with Gasteiger partial charge in [0.05, 0.1) is 5.60 Å². The first-order valence-electron chi connectivity index (χ1n) is 16.1. The van der Waals surface area contributed by atoms with Crippen molar-refractivity contribution < 1.29 is 33.8 Å². The van der Waals surface area contributed by atoms with Gasteiger partial charge in [0.15, 0.2) is 0 Å². The molecule has 238 valence electrons. The summed E-state index contributed by atoms with van der Waals surface area (Å²) in [5.74, 6) is -0.785. The molecule has 0 aromatic heterocycles. The highest BCUT2D eigenvalue weighted by Gasteiger charge is 2.61. The van der Waals surface area contributed by atoms with Gasteiger partial charge in [-0.1, -0.05) is 0 Å². The molecule has 8 atom stereocenters. The van der Waals surface area contributed by atoms with E-state index in [1.165, 1.54) is 4.90 Å². The van der Waals surface area contributed by atoms with Crippen LogP contribution in [0.4, 0.5) is 4.79 Å². The van der Waals surface area contributed by atoms with Crippen molar-refractivity contribution in [3.8, 4) is 0 Å². The zero-order valence-electron chi connectivity index (χ0n) is 25.7. The van der Waals surface area contributed by atoms with Crippen LogP contribution in [0.15, 0.2) is 0 Å². The van der Waals surface area contributed by atoms with Gasteiger partial charge in [0, 0.05) is 13.1 Å². The zero-order chi connectivity index (χ0) is 31.0. The van der Waals surface area contributed by atoms with Crippen LogP contribution in [0.2, 0.25) is 0 Å². The highest BCUT2D eigenvalue weighted by Crippen LogP contribution is 2.59. The van der Waals surface area contributed by atoms with Crippen LogP contribution in [-0.4, -0.2) is 93.1 Å². The second-order valence-corrected chi connectivity index (χ2v) is 15.3. The Morgan fingerprint density at radius 2 is 1.63 bits per heavy atom. The third-order valence-corrected chi connectivity index (χ3v) is 10.9. The Labute approximate surface area is 252 Å². The van der Waals surface area contributed by atoms with Gasteiger partial charge in [0.2, 0.25) is 23.6 Å². The summed E-state index contributed by atoms with van der Waals surface area (Å²) in [4.78, 5) is 69.5. The quantitative estimate of drug-likeness (QED) is 0.336. The molecule has 12 heteroatoms. The Morgan fingerprint density at radius 3 is 2.23 bits per heavy atom. The van der Waals surface area contributed by atoms with E-state index in [1.54, 1.807) is 32.6 Å². The molecule has 7 aliphatic rings. The average Bonchev–Trinajstić information content (AvgIpc) is 3.28. The number of fused-ring (bicyclic) bond motifs is 1. The molecule has 5 saturated carbocycles. The van der Waals surface area contributed by atoms with Gasteiger partial charge in [0.1, 0.15) is 29.8 Å². The van der Waals surface area contributed by atoms with E-state index in [0.29, 0.717) is 44.7 Å². The van der Waals surface area contributed by atoms with E-state index < -0.39 is 59.2 Å². The van der Waals surface area contributed by atoms with Crippen molar-refractivity contribution in [2.45, 2.75) is 114 Å². The molecule has 12 nitrogen and oxygen atoms in total. The molecule has 2 saturated heterocycles. The van der Waals surface area contributed by atoms with Gasteiger partial charge in [-0.15, -0.1) is 0 Å². The maximum absolute atomic E-state index is 14.3. The van der Waals surface area contributed by atoms with E-state index in [9.17, 15) is 29.1 Å². The molecule has 7 fully saturated rings. The number of likely N-dealkylation sites (tertiary alicyclic amines) is 2. The first-order valence-corrected chi connectivity index (χ1v) is 16.1. The first-order chi connectivity index (χ1) is 20.1. The van der Waals surface area contributed by atoms with E-state index in [2.05, 4.69) is 10.6 Å². The molecule has 8 unspecified atom stereocenters. The fourth-order valence-electron chi connectivity index (χ4n) is 9.47. The van der Waals surface area contributed by atoms with E-state index in [1.807, 2.05) is 0 Å². The lowest BCUT2D eigenvalue weighted by molar-refractivity contribution is -0.169. The molecule has 2 aliphatic heterocycles. The number of hydrogen-bond donors (Lipinski definition) is 4. The maximum atomic E-state index is 14.3. The summed E-state index contributed by atoms with van der Waals surface area (Å²) >= 11 is 0. The van der Waals surface area contributed by atoms with Crippen LogP contribution in [0.25, 0.3) is 0 Å². The van der Waals surface area contributed by atoms with Crippen LogP contribution in [0.5, 0.6) is 0 Å². The minimum absolute atomic E-state index is 0.0823. The monoisotopic (exact) mass is 601 g/mol. The van der Waals surface area contributed by atoms with Gasteiger partial charge in [-0.25, -0.2) is 4.79 Å². The van der Waals surface area contributed by atoms with Crippen molar-refractivity contribution in [3.63, 3.8) is 0 Å². The number of rotatable bonds is 7. The van der Waals surface area contributed by atoms with Crippen molar-refractivity contribution in [1.29, 1.82) is 0 Å². The number of nitrogens with zero attached hydrogens (tertiary/aromatic N) is 2. The molecule has 5 aliphatic carbocycles. The largest absolute Gasteiger partial charge is 0.444 e. The number of nitrogens with two attached hydrogens (primary N) is 1. The number of carbonyl (C=O) groups excluding carboxylic acids is 5. The van der Waals surface area contributed by atoms with Crippen LogP contribution in [0, 0.1) is 35.5 Å². The molecule has 2 heterocycles. The number of carbonyl (C=O) groups is 5. The molecule has 0 aromatic rings. The van der Waals surface area contributed by atoms with Crippen molar-refractivity contribution in [2.75, 3.05) is 13.1 Å². The number of alkyl carbamates (subject to hydrolysis) is 1. The Balaban J connectivity index is 1.21. The summed E-state index contributed by atoms with van der Waals surface area (Å²) in [5.41, 5.74) is 4.34. The fraction of sp³-hybridized carbons (Fsp3) is 0.839. The van der Waals surface area contributed by atoms with E-state index >= 15 is 0 Å². The lowest BCUT2D eigenvalue weighted by Gasteiger charge is -2.59. The predicted octanol–water partition coefficient (Wildman–Crippen LogP) is 0.895. The van der Waals surface area contributed by atoms with Gasteiger partial charge in [-0.05, 0) is 115 Å². The van der Waals surface area contributed by atoms with Crippen LogP contribution in [0.3, 0.4) is 0 Å². The number of primary amides is 1.